The fourth-order valence-electron chi connectivity index (χ4n) is 4.34. The molecule has 5 heterocycles. The molecule has 1 amide bonds. The summed E-state index contributed by atoms with van der Waals surface area (Å²) in [7, 11) is 0. The van der Waals surface area contributed by atoms with Gasteiger partial charge < -0.3 is 23.5 Å². The number of aromatic nitrogens is 3. The van der Waals surface area contributed by atoms with Crippen LogP contribution in [0.4, 0.5) is 0 Å². The number of likely N-dealkylation sites (tertiary alicyclic amines) is 1. The molecule has 156 valence electrons. The van der Waals surface area contributed by atoms with Gasteiger partial charge in [-0.25, -0.2) is 4.68 Å². The molecule has 1 atom stereocenters. The molecule has 2 saturated heterocycles. The Kier molecular flexibility index (Phi) is 5.11. The van der Waals surface area contributed by atoms with E-state index in [4.69, 9.17) is 18.6 Å². The first-order valence-corrected chi connectivity index (χ1v) is 10.3. The molecule has 9 heteroatoms. The summed E-state index contributed by atoms with van der Waals surface area (Å²) in [5, 5.41) is 8.64. The number of ether oxygens (including phenoxy) is 3. The van der Waals surface area contributed by atoms with Crippen LogP contribution in [0.1, 0.15) is 47.6 Å². The van der Waals surface area contributed by atoms with Gasteiger partial charge in [0.05, 0.1) is 50.0 Å². The highest BCUT2D eigenvalue weighted by Crippen LogP contribution is 2.34. The number of nitrogens with zero attached hydrogens (tertiary/aromatic N) is 4. The minimum Gasteiger partial charge on any atom is -0.459 e. The summed E-state index contributed by atoms with van der Waals surface area (Å²) in [4.78, 5) is 14.3. The molecule has 1 spiro atoms. The monoisotopic (exact) mass is 402 g/mol. The first-order chi connectivity index (χ1) is 14.2. The van der Waals surface area contributed by atoms with E-state index in [1.165, 1.54) is 6.26 Å². The zero-order chi connectivity index (χ0) is 19.7. The van der Waals surface area contributed by atoms with Crippen molar-refractivity contribution in [3.05, 3.63) is 35.5 Å². The molecule has 2 fully saturated rings. The number of carbonyl (C=O) groups is 1. The minimum absolute atomic E-state index is 0.0622. The van der Waals surface area contributed by atoms with E-state index in [1.807, 2.05) is 9.58 Å². The Morgan fingerprint density at radius 3 is 3.00 bits per heavy atom. The predicted molar refractivity (Wildman–Crippen MR) is 100 cm³/mol. The van der Waals surface area contributed by atoms with Crippen molar-refractivity contribution in [1.82, 2.24) is 19.9 Å². The molecule has 0 bridgehead atoms. The minimum atomic E-state index is -0.295. The van der Waals surface area contributed by atoms with E-state index in [0.29, 0.717) is 45.2 Å². The standard InChI is InChI=1S/C20H26N4O5/c25-19(18-4-2-10-28-18)23-7-5-20(6-8-23)14-24-17(13-29-20)16(21-22-24)12-26-11-15-3-1-9-27-15/h2,4,10,15H,1,3,5-9,11-14H2. The number of hydrogen-bond acceptors (Lipinski definition) is 7. The van der Waals surface area contributed by atoms with Crippen molar-refractivity contribution >= 4 is 5.91 Å². The summed E-state index contributed by atoms with van der Waals surface area (Å²) < 4.78 is 24.8. The van der Waals surface area contributed by atoms with Gasteiger partial charge in [-0.15, -0.1) is 5.10 Å². The molecular formula is C20H26N4O5. The third-order valence-electron chi connectivity index (χ3n) is 6.13. The van der Waals surface area contributed by atoms with Crippen LogP contribution in [0, 0.1) is 0 Å². The smallest absolute Gasteiger partial charge is 0.289 e. The number of hydrogen-bond donors (Lipinski definition) is 0. The first-order valence-electron chi connectivity index (χ1n) is 10.3. The van der Waals surface area contributed by atoms with Crippen LogP contribution in [0.25, 0.3) is 0 Å². The van der Waals surface area contributed by atoms with Crippen molar-refractivity contribution in [2.24, 2.45) is 0 Å². The van der Waals surface area contributed by atoms with Crippen molar-refractivity contribution in [2.75, 3.05) is 26.3 Å². The number of carbonyl (C=O) groups excluding carboxylic acids is 1. The molecule has 2 aromatic heterocycles. The lowest BCUT2D eigenvalue weighted by atomic mass is 9.89. The Bertz CT molecular complexity index is 835. The lowest BCUT2D eigenvalue weighted by Crippen LogP contribution is -2.52. The maximum atomic E-state index is 12.5. The summed E-state index contributed by atoms with van der Waals surface area (Å²) >= 11 is 0. The van der Waals surface area contributed by atoms with Gasteiger partial charge in [-0.1, -0.05) is 5.21 Å². The van der Waals surface area contributed by atoms with Crippen molar-refractivity contribution < 1.29 is 23.4 Å². The summed E-state index contributed by atoms with van der Waals surface area (Å²) in [5.41, 5.74) is 1.52. The van der Waals surface area contributed by atoms with Crippen LogP contribution in [0.3, 0.4) is 0 Å². The Balaban J connectivity index is 1.16. The molecule has 3 aliphatic heterocycles. The van der Waals surface area contributed by atoms with Gasteiger partial charge in [0.25, 0.3) is 5.91 Å². The molecule has 0 saturated carbocycles. The van der Waals surface area contributed by atoms with Gasteiger partial charge in [0.1, 0.15) is 5.69 Å². The van der Waals surface area contributed by atoms with Gasteiger partial charge in [0.2, 0.25) is 0 Å². The number of rotatable bonds is 5. The highest BCUT2D eigenvalue weighted by molar-refractivity contribution is 5.91. The highest BCUT2D eigenvalue weighted by atomic mass is 16.5. The Labute approximate surface area is 168 Å². The maximum Gasteiger partial charge on any atom is 0.289 e. The number of piperidine rings is 1. The van der Waals surface area contributed by atoms with Gasteiger partial charge in [-0.2, -0.15) is 0 Å². The third kappa shape index (κ3) is 3.82. The topological polar surface area (TPSA) is 91.9 Å². The van der Waals surface area contributed by atoms with E-state index in [9.17, 15) is 4.79 Å². The summed E-state index contributed by atoms with van der Waals surface area (Å²) in [5.74, 6) is 0.324. The molecule has 0 N–H and O–H groups in total. The van der Waals surface area contributed by atoms with Crippen LogP contribution in [0.5, 0.6) is 0 Å². The Morgan fingerprint density at radius 1 is 1.34 bits per heavy atom. The average molecular weight is 402 g/mol. The number of amides is 1. The average Bonchev–Trinajstić information content (AvgIpc) is 3.51. The van der Waals surface area contributed by atoms with Gasteiger partial charge in [0.15, 0.2) is 5.76 Å². The zero-order valence-corrected chi connectivity index (χ0v) is 16.4. The number of furan rings is 1. The van der Waals surface area contributed by atoms with E-state index in [-0.39, 0.29) is 17.6 Å². The molecule has 9 nitrogen and oxygen atoms in total. The van der Waals surface area contributed by atoms with Crippen LogP contribution in [0.2, 0.25) is 0 Å². The summed E-state index contributed by atoms with van der Waals surface area (Å²) in [6.07, 6.45) is 5.43. The normalized spacial score (nSPS) is 23.4. The van der Waals surface area contributed by atoms with Crippen LogP contribution in [-0.2, 0) is 34.0 Å². The molecule has 29 heavy (non-hydrogen) atoms. The zero-order valence-electron chi connectivity index (χ0n) is 16.4. The van der Waals surface area contributed by atoms with Crippen molar-refractivity contribution in [3.63, 3.8) is 0 Å². The molecular weight excluding hydrogens is 376 g/mol. The first kappa shape index (κ1) is 18.8. The molecule has 0 aliphatic carbocycles. The van der Waals surface area contributed by atoms with E-state index in [1.54, 1.807) is 12.1 Å². The second-order valence-corrected chi connectivity index (χ2v) is 8.03. The Morgan fingerprint density at radius 2 is 2.24 bits per heavy atom. The molecule has 0 aromatic carbocycles. The largest absolute Gasteiger partial charge is 0.459 e. The van der Waals surface area contributed by atoms with Crippen molar-refractivity contribution in [2.45, 2.75) is 57.1 Å². The van der Waals surface area contributed by atoms with Gasteiger partial charge in [0, 0.05) is 19.7 Å². The van der Waals surface area contributed by atoms with E-state index >= 15 is 0 Å². The lowest BCUT2D eigenvalue weighted by Gasteiger charge is -2.43. The van der Waals surface area contributed by atoms with E-state index < -0.39 is 0 Å². The fraction of sp³-hybridized carbons (Fsp3) is 0.650. The molecule has 0 radical (unpaired) electrons. The maximum absolute atomic E-state index is 12.5. The van der Waals surface area contributed by atoms with Gasteiger partial charge in [-0.05, 0) is 37.8 Å². The van der Waals surface area contributed by atoms with Gasteiger partial charge >= 0.3 is 0 Å². The van der Waals surface area contributed by atoms with E-state index in [0.717, 1.165) is 43.7 Å². The van der Waals surface area contributed by atoms with Crippen molar-refractivity contribution in [1.29, 1.82) is 0 Å². The predicted octanol–water partition coefficient (Wildman–Crippen LogP) is 1.77. The van der Waals surface area contributed by atoms with Crippen LogP contribution in [0.15, 0.2) is 22.8 Å². The lowest BCUT2D eigenvalue weighted by molar-refractivity contribution is -0.120. The quantitative estimate of drug-likeness (QED) is 0.753. The molecule has 2 aromatic rings. The second kappa shape index (κ2) is 7.89. The van der Waals surface area contributed by atoms with Crippen LogP contribution in [-0.4, -0.2) is 63.8 Å². The van der Waals surface area contributed by atoms with Crippen LogP contribution < -0.4 is 0 Å². The van der Waals surface area contributed by atoms with Gasteiger partial charge in [-0.3, -0.25) is 4.79 Å². The second-order valence-electron chi connectivity index (χ2n) is 8.03. The molecule has 1 unspecified atom stereocenters. The molecule has 3 aliphatic rings. The fourth-order valence-corrected chi connectivity index (χ4v) is 4.34. The summed E-state index contributed by atoms with van der Waals surface area (Å²) in [6, 6.07) is 3.44. The van der Waals surface area contributed by atoms with Crippen molar-refractivity contribution in [3.8, 4) is 0 Å². The number of fused-ring (bicyclic) bond motifs is 1. The van der Waals surface area contributed by atoms with Crippen LogP contribution >= 0.6 is 0 Å². The van der Waals surface area contributed by atoms with E-state index in [2.05, 4.69) is 10.3 Å². The highest BCUT2D eigenvalue weighted by Gasteiger charge is 2.41. The Hall–Kier alpha value is -2.23. The third-order valence-corrected chi connectivity index (χ3v) is 6.13. The SMILES string of the molecule is O=C(c1ccco1)N1CCC2(CC1)Cn1nnc(COCC3CCCO3)c1CO2. The molecule has 5 rings (SSSR count). The summed E-state index contributed by atoms with van der Waals surface area (Å²) in [6.45, 7) is 4.26.